The van der Waals surface area contributed by atoms with Crippen molar-refractivity contribution in [2.24, 2.45) is 23.7 Å². The first-order chi connectivity index (χ1) is 6.43. The average Bonchev–Trinajstić information content (AvgIpc) is 2.07. The highest BCUT2D eigenvalue weighted by Crippen LogP contribution is 2.37. The van der Waals surface area contributed by atoms with Gasteiger partial charge in [0.25, 0.3) is 0 Å². The monoisotopic (exact) mass is 200 g/mol. The van der Waals surface area contributed by atoms with Gasteiger partial charge in [0.15, 0.2) is 0 Å². The van der Waals surface area contributed by atoms with E-state index in [1.807, 2.05) is 0 Å². The largest absolute Gasteiger partial charge is 0.393 e. The van der Waals surface area contributed by atoms with Crippen LogP contribution in [-0.4, -0.2) is 22.4 Å². The van der Waals surface area contributed by atoms with Crippen LogP contribution in [0.1, 0.15) is 40.5 Å². The van der Waals surface area contributed by atoms with Gasteiger partial charge in [0.2, 0.25) is 0 Å². The molecular weight excluding hydrogens is 176 g/mol. The third-order valence-corrected chi connectivity index (χ3v) is 3.73. The summed E-state index contributed by atoms with van der Waals surface area (Å²) in [6.45, 7) is 8.49. The van der Waals surface area contributed by atoms with E-state index < -0.39 is 0 Å². The molecule has 0 aliphatic heterocycles. The predicted molar refractivity (Wildman–Crippen MR) is 57.9 cm³/mol. The van der Waals surface area contributed by atoms with Gasteiger partial charge < -0.3 is 10.2 Å². The molecule has 1 aliphatic rings. The lowest BCUT2D eigenvalue weighted by Gasteiger charge is -2.40. The molecule has 4 atom stereocenters. The van der Waals surface area contributed by atoms with Crippen LogP contribution in [0.25, 0.3) is 0 Å². The summed E-state index contributed by atoms with van der Waals surface area (Å²) >= 11 is 0. The van der Waals surface area contributed by atoms with Crippen molar-refractivity contribution in [3.05, 3.63) is 0 Å². The van der Waals surface area contributed by atoms with E-state index in [1.165, 1.54) is 0 Å². The molecule has 84 valence electrons. The number of aliphatic hydroxyl groups excluding tert-OH is 2. The van der Waals surface area contributed by atoms with Crippen molar-refractivity contribution < 1.29 is 10.2 Å². The Morgan fingerprint density at radius 3 is 1.29 bits per heavy atom. The van der Waals surface area contributed by atoms with E-state index in [0.717, 1.165) is 12.8 Å². The quantitative estimate of drug-likeness (QED) is 0.716. The minimum absolute atomic E-state index is 0.217. The van der Waals surface area contributed by atoms with E-state index in [-0.39, 0.29) is 24.0 Å². The van der Waals surface area contributed by atoms with Gasteiger partial charge in [-0.2, -0.15) is 0 Å². The van der Waals surface area contributed by atoms with E-state index >= 15 is 0 Å². The smallest absolute Gasteiger partial charge is 0.0575 e. The molecule has 2 heteroatoms. The highest BCUT2D eigenvalue weighted by Gasteiger charge is 2.37. The third-order valence-electron chi connectivity index (χ3n) is 3.73. The second kappa shape index (κ2) is 4.63. The molecule has 0 amide bonds. The van der Waals surface area contributed by atoms with Crippen LogP contribution in [0.15, 0.2) is 0 Å². The molecule has 0 spiro atoms. The molecule has 14 heavy (non-hydrogen) atoms. The number of aliphatic hydroxyl groups is 2. The van der Waals surface area contributed by atoms with Crippen molar-refractivity contribution in [1.82, 2.24) is 0 Å². The molecule has 1 rings (SSSR count). The summed E-state index contributed by atoms with van der Waals surface area (Å²) in [6, 6.07) is 0. The van der Waals surface area contributed by atoms with Gasteiger partial charge in [-0.3, -0.25) is 0 Å². The maximum Gasteiger partial charge on any atom is 0.0575 e. The van der Waals surface area contributed by atoms with Gasteiger partial charge in [-0.15, -0.1) is 0 Å². The first kappa shape index (κ1) is 12.0. The van der Waals surface area contributed by atoms with Gasteiger partial charge in [0, 0.05) is 0 Å². The summed E-state index contributed by atoms with van der Waals surface area (Å²) < 4.78 is 0. The minimum atomic E-state index is -0.217. The zero-order valence-corrected chi connectivity index (χ0v) is 9.77. The van der Waals surface area contributed by atoms with Crippen molar-refractivity contribution in [2.45, 2.75) is 52.7 Å². The maximum absolute atomic E-state index is 9.97. The van der Waals surface area contributed by atoms with Crippen molar-refractivity contribution in [2.75, 3.05) is 0 Å². The Morgan fingerprint density at radius 2 is 1.07 bits per heavy atom. The molecule has 1 saturated carbocycles. The molecule has 0 aromatic rings. The highest BCUT2D eigenvalue weighted by molar-refractivity contribution is 4.87. The topological polar surface area (TPSA) is 40.5 Å². The standard InChI is InChI=1S/C12H24O2/c1-7(2)9-5-12(14)10(8(3)4)6-11(9)13/h7-14H,5-6H2,1-4H3. The van der Waals surface area contributed by atoms with E-state index in [0.29, 0.717) is 11.8 Å². The average molecular weight is 200 g/mol. The van der Waals surface area contributed by atoms with Crippen LogP contribution < -0.4 is 0 Å². The van der Waals surface area contributed by atoms with Crippen molar-refractivity contribution in [3.63, 3.8) is 0 Å². The summed E-state index contributed by atoms with van der Waals surface area (Å²) in [5.74, 6) is 1.49. The number of hydrogen-bond donors (Lipinski definition) is 2. The Morgan fingerprint density at radius 1 is 0.786 bits per heavy atom. The SMILES string of the molecule is CC(C)C1CC(O)C(C(C)C)CC1O. The van der Waals surface area contributed by atoms with Crippen LogP contribution in [0.3, 0.4) is 0 Å². The second-order valence-electron chi connectivity index (χ2n) is 5.42. The minimum Gasteiger partial charge on any atom is -0.393 e. The molecular formula is C12H24O2. The highest BCUT2D eigenvalue weighted by atomic mass is 16.3. The summed E-state index contributed by atoms with van der Waals surface area (Å²) in [5.41, 5.74) is 0. The van der Waals surface area contributed by atoms with Crippen LogP contribution in [-0.2, 0) is 0 Å². The lowest BCUT2D eigenvalue weighted by molar-refractivity contribution is -0.0597. The molecule has 1 fully saturated rings. The molecule has 0 bridgehead atoms. The van der Waals surface area contributed by atoms with Crippen LogP contribution in [0.5, 0.6) is 0 Å². The fourth-order valence-corrected chi connectivity index (χ4v) is 2.65. The second-order valence-corrected chi connectivity index (χ2v) is 5.42. The van der Waals surface area contributed by atoms with E-state index in [2.05, 4.69) is 27.7 Å². The zero-order chi connectivity index (χ0) is 10.9. The van der Waals surface area contributed by atoms with Crippen LogP contribution in [0.2, 0.25) is 0 Å². The van der Waals surface area contributed by atoms with E-state index in [1.54, 1.807) is 0 Å². The molecule has 2 N–H and O–H groups in total. The molecule has 0 aromatic heterocycles. The van der Waals surface area contributed by atoms with Crippen molar-refractivity contribution in [1.29, 1.82) is 0 Å². The third kappa shape index (κ3) is 2.48. The first-order valence-corrected chi connectivity index (χ1v) is 5.79. The van der Waals surface area contributed by atoms with Gasteiger partial charge in [-0.05, 0) is 36.5 Å². The number of hydrogen-bond acceptors (Lipinski definition) is 2. The van der Waals surface area contributed by atoms with E-state index in [4.69, 9.17) is 0 Å². The fourth-order valence-electron chi connectivity index (χ4n) is 2.65. The summed E-state index contributed by atoms with van der Waals surface area (Å²) in [7, 11) is 0. The Kier molecular flexibility index (Phi) is 3.96. The van der Waals surface area contributed by atoms with Gasteiger partial charge >= 0.3 is 0 Å². The van der Waals surface area contributed by atoms with Crippen LogP contribution >= 0.6 is 0 Å². The fraction of sp³-hybridized carbons (Fsp3) is 1.00. The Labute approximate surface area is 87.3 Å². The van der Waals surface area contributed by atoms with E-state index in [9.17, 15) is 10.2 Å². The molecule has 0 saturated heterocycles. The zero-order valence-electron chi connectivity index (χ0n) is 9.77. The van der Waals surface area contributed by atoms with Gasteiger partial charge in [-0.1, -0.05) is 27.7 Å². The van der Waals surface area contributed by atoms with Gasteiger partial charge in [0.05, 0.1) is 12.2 Å². The summed E-state index contributed by atoms with van der Waals surface area (Å²) in [4.78, 5) is 0. The Bertz CT molecular complexity index is 157. The van der Waals surface area contributed by atoms with Crippen molar-refractivity contribution in [3.8, 4) is 0 Å². The molecule has 4 unspecified atom stereocenters. The van der Waals surface area contributed by atoms with Gasteiger partial charge in [-0.25, -0.2) is 0 Å². The molecule has 1 aliphatic carbocycles. The first-order valence-electron chi connectivity index (χ1n) is 5.79. The van der Waals surface area contributed by atoms with Crippen LogP contribution in [0, 0.1) is 23.7 Å². The normalized spacial score (nSPS) is 39.4. The molecule has 0 aromatic carbocycles. The van der Waals surface area contributed by atoms with Crippen molar-refractivity contribution >= 4 is 0 Å². The maximum atomic E-state index is 9.97. The predicted octanol–water partition coefficient (Wildman–Crippen LogP) is 2.05. The molecule has 0 heterocycles. The van der Waals surface area contributed by atoms with Gasteiger partial charge in [0.1, 0.15) is 0 Å². The molecule has 0 radical (unpaired) electrons. The lowest BCUT2D eigenvalue weighted by Crippen LogP contribution is -2.42. The summed E-state index contributed by atoms with van der Waals surface area (Å²) in [5, 5.41) is 19.9. The van der Waals surface area contributed by atoms with Crippen LogP contribution in [0.4, 0.5) is 0 Å². The lowest BCUT2D eigenvalue weighted by atomic mass is 9.70. The molecule has 2 nitrogen and oxygen atoms in total. The Hall–Kier alpha value is -0.0800. The Balaban J connectivity index is 2.62. The number of rotatable bonds is 2. The summed E-state index contributed by atoms with van der Waals surface area (Å²) in [6.07, 6.45) is 1.10.